The van der Waals surface area contributed by atoms with E-state index < -0.39 is 17.9 Å². The molecule has 0 aromatic heterocycles. The summed E-state index contributed by atoms with van der Waals surface area (Å²) < 4.78 is 17.2. The van der Waals surface area contributed by atoms with E-state index in [1.807, 2.05) is 6.92 Å². The van der Waals surface area contributed by atoms with Crippen LogP contribution >= 0.6 is 0 Å². The number of Topliss-reactive ketones (excluding diaryl/α,β-unsaturated/α-hetero) is 1. The zero-order valence-electron chi connectivity index (χ0n) is 17.9. The molecule has 0 aromatic carbocycles. The summed E-state index contributed by atoms with van der Waals surface area (Å²) in [5.41, 5.74) is -0.391. The molecule has 0 spiro atoms. The normalized spacial score (nSPS) is 60.3. The van der Waals surface area contributed by atoms with Crippen molar-refractivity contribution in [1.29, 1.82) is 0 Å². The Bertz CT molecular complexity index is 615. The van der Waals surface area contributed by atoms with E-state index in [-0.39, 0.29) is 16.6 Å². The van der Waals surface area contributed by atoms with Crippen LogP contribution in [0, 0.1) is 40.4 Å². The van der Waals surface area contributed by atoms with Gasteiger partial charge in [0.1, 0.15) is 5.78 Å². The highest BCUT2D eigenvalue weighted by atomic mass is 16.3. The number of carbonyl (C=O) groups excluding carboxylic acids is 1. The van der Waals surface area contributed by atoms with Crippen molar-refractivity contribution in [3.8, 4) is 0 Å². The predicted octanol–water partition coefficient (Wildman–Crippen LogP) is 4.99. The van der Waals surface area contributed by atoms with E-state index in [4.69, 9.17) is 2.74 Å². The van der Waals surface area contributed by atoms with Gasteiger partial charge in [0.15, 0.2) is 0 Å². The fourth-order valence-corrected chi connectivity index (χ4v) is 7.61. The Morgan fingerprint density at radius 2 is 1.71 bits per heavy atom. The summed E-state index contributed by atoms with van der Waals surface area (Å²) in [4.78, 5) is 12.4. The van der Waals surface area contributed by atoms with Gasteiger partial charge in [-0.25, -0.2) is 0 Å². The summed E-state index contributed by atoms with van der Waals surface area (Å²) in [6.45, 7) is 8.27. The molecule has 8 atom stereocenters. The van der Waals surface area contributed by atoms with Crippen molar-refractivity contribution in [2.75, 3.05) is 0 Å². The first-order chi connectivity index (χ1) is 11.9. The van der Waals surface area contributed by atoms with Crippen LogP contribution in [0.15, 0.2) is 0 Å². The predicted molar refractivity (Wildman–Crippen MR) is 96.5 cm³/mol. The Kier molecular flexibility index (Phi) is 3.27. The van der Waals surface area contributed by atoms with Crippen molar-refractivity contribution in [2.24, 2.45) is 40.4 Å². The minimum Gasteiger partial charge on any atom is -0.390 e. The van der Waals surface area contributed by atoms with Gasteiger partial charge in [0.05, 0.1) is 5.60 Å². The summed E-state index contributed by atoms with van der Waals surface area (Å²) in [5.74, 6) is 1.74. The van der Waals surface area contributed by atoms with E-state index >= 15 is 0 Å². The van der Waals surface area contributed by atoms with Gasteiger partial charge in [-0.05, 0) is 106 Å². The first-order valence-corrected chi connectivity index (χ1v) is 10.1. The average Bonchev–Trinajstić information content (AvgIpc) is 2.73. The topological polar surface area (TPSA) is 37.3 Å². The van der Waals surface area contributed by atoms with E-state index in [1.165, 1.54) is 0 Å². The van der Waals surface area contributed by atoms with Crippen LogP contribution in [-0.2, 0) is 4.79 Å². The molecule has 0 amide bonds. The Hall–Kier alpha value is -0.370. The lowest BCUT2D eigenvalue weighted by atomic mass is 9.44. The maximum Gasteiger partial charge on any atom is 0.133 e. The van der Waals surface area contributed by atoms with Crippen LogP contribution < -0.4 is 0 Å². The second kappa shape index (κ2) is 5.32. The van der Waals surface area contributed by atoms with Crippen LogP contribution in [0.5, 0.6) is 0 Å². The van der Waals surface area contributed by atoms with Crippen LogP contribution in [0.1, 0.15) is 88.2 Å². The van der Waals surface area contributed by atoms with Crippen molar-refractivity contribution >= 4 is 5.78 Å². The first-order valence-electron chi connectivity index (χ1n) is 11.1. The molecule has 0 saturated heterocycles. The van der Waals surface area contributed by atoms with Crippen LogP contribution in [0.25, 0.3) is 0 Å². The summed E-state index contributed by atoms with van der Waals surface area (Å²) in [6.07, 6.45) is 6.55. The number of carbonyl (C=O) groups is 1. The molecule has 1 N–H and O–H groups in total. The molecule has 2 heteroatoms. The minimum absolute atomic E-state index is 0.0482. The number of hydrogen-bond donors (Lipinski definition) is 1. The quantitative estimate of drug-likeness (QED) is 0.734. The van der Waals surface area contributed by atoms with Crippen LogP contribution in [0.2, 0.25) is 0 Å². The van der Waals surface area contributed by atoms with Crippen molar-refractivity contribution in [3.05, 3.63) is 0 Å². The molecule has 0 aliphatic heterocycles. The molecule has 2 nitrogen and oxygen atoms in total. The smallest absolute Gasteiger partial charge is 0.133 e. The number of hydrogen-bond acceptors (Lipinski definition) is 2. The molecule has 4 aliphatic carbocycles. The van der Waals surface area contributed by atoms with Gasteiger partial charge in [0.25, 0.3) is 0 Å². The molecule has 0 heterocycles. The lowest BCUT2D eigenvalue weighted by molar-refractivity contribution is -0.150. The highest BCUT2D eigenvalue weighted by Gasteiger charge is 2.61. The Balaban J connectivity index is 1.66. The third-order valence-electron chi connectivity index (χ3n) is 9.00. The van der Waals surface area contributed by atoms with E-state index in [0.717, 1.165) is 44.9 Å². The van der Waals surface area contributed by atoms with Gasteiger partial charge in [0, 0.05) is 8.66 Å². The molecule has 136 valence electrons. The Labute approximate surface area is 150 Å². The third-order valence-corrected chi connectivity index (χ3v) is 9.00. The van der Waals surface area contributed by atoms with E-state index in [9.17, 15) is 9.90 Å². The molecule has 4 saturated carbocycles. The highest BCUT2D eigenvalue weighted by molar-refractivity contribution is 5.79. The van der Waals surface area contributed by atoms with Gasteiger partial charge in [-0.1, -0.05) is 13.8 Å². The average molecular weight is 335 g/mol. The van der Waals surface area contributed by atoms with Crippen molar-refractivity contribution in [2.45, 2.75) is 91.0 Å². The monoisotopic (exact) mass is 334 g/mol. The first kappa shape index (κ1) is 14.8. The fourth-order valence-electron chi connectivity index (χ4n) is 7.61. The van der Waals surface area contributed by atoms with Gasteiger partial charge in [-0.3, -0.25) is 4.79 Å². The second-order valence-electron chi connectivity index (χ2n) is 10.4. The number of ketones is 1. The molecule has 0 aromatic rings. The molecule has 0 unspecified atom stereocenters. The summed E-state index contributed by atoms with van der Waals surface area (Å²) in [5, 5.41) is 10.6. The van der Waals surface area contributed by atoms with Crippen molar-refractivity contribution in [3.63, 3.8) is 0 Å². The zero-order valence-corrected chi connectivity index (χ0v) is 15.9. The Morgan fingerprint density at radius 3 is 2.42 bits per heavy atom. The van der Waals surface area contributed by atoms with Crippen molar-refractivity contribution in [1.82, 2.24) is 0 Å². The number of aliphatic hydroxyl groups is 1. The summed E-state index contributed by atoms with van der Waals surface area (Å²) in [7, 11) is 0. The Morgan fingerprint density at radius 1 is 1.00 bits per heavy atom. The van der Waals surface area contributed by atoms with Gasteiger partial charge in [0.2, 0.25) is 0 Å². The molecular weight excluding hydrogens is 296 g/mol. The summed E-state index contributed by atoms with van der Waals surface area (Å²) in [6, 6.07) is 0. The molecule has 24 heavy (non-hydrogen) atoms. The molecule has 4 rings (SSSR count). The van der Waals surface area contributed by atoms with Gasteiger partial charge in [-0.2, -0.15) is 0 Å². The van der Waals surface area contributed by atoms with E-state index in [2.05, 4.69) is 13.8 Å². The number of fused-ring (bicyclic) bond motifs is 5. The van der Waals surface area contributed by atoms with Crippen LogP contribution in [-0.4, -0.2) is 16.5 Å². The summed E-state index contributed by atoms with van der Waals surface area (Å²) >= 11 is 0. The zero-order chi connectivity index (χ0) is 19.1. The standard InChI is InChI=1S/C22H36O2/c1-14(23)17-7-8-18-16-6-5-15-13-20(2,24)11-12-21(15,3)19(16)9-10-22(17,18)4/h15-19,24H,5-13H2,1-4H3/t15-,16-,17+,18-,19-,20+,21-,22+/m0/s1/i7D2. The molecule has 0 radical (unpaired) electrons. The maximum atomic E-state index is 12.4. The van der Waals surface area contributed by atoms with Crippen LogP contribution in [0.4, 0.5) is 0 Å². The molecule has 0 bridgehead atoms. The van der Waals surface area contributed by atoms with Gasteiger partial charge < -0.3 is 5.11 Å². The lowest BCUT2D eigenvalue weighted by Gasteiger charge is -2.61. The minimum atomic E-state index is -1.35. The van der Waals surface area contributed by atoms with Gasteiger partial charge >= 0.3 is 0 Å². The largest absolute Gasteiger partial charge is 0.390 e. The number of rotatable bonds is 1. The molecule has 4 aliphatic rings. The second-order valence-corrected chi connectivity index (χ2v) is 10.4. The highest BCUT2D eigenvalue weighted by Crippen LogP contribution is 2.68. The van der Waals surface area contributed by atoms with Crippen LogP contribution in [0.3, 0.4) is 0 Å². The fraction of sp³-hybridized carbons (Fsp3) is 0.955. The molecular formula is C22H36O2. The molecule has 4 fully saturated rings. The maximum absolute atomic E-state index is 12.4. The van der Waals surface area contributed by atoms with E-state index in [0.29, 0.717) is 30.1 Å². The third kappa shape index (κ3) is 2.27. The van der Waals surface area contributed by atoms with Gasteiger partial charge in [-0.15, -0.1) is 0 Å². The SMILES string of the molecule is [2H]C1([2H])C[C@H]2[C@@H]3CC[C@H]4C[C@](C)(O)CC[C@]4(C)[C@H]3CC[C@]2(C)[C@H]1C(C)=O. The van der Waals surface area contributed by atoms with E-state index in [1.54, 1.807) is 6.92 Å². The lowest BCUT2D eigenvalue weighted by Crippen LogP contribution is -2.55. The van der Waals surface area contributed by atoms with Crippen molar-refractivity contribution < 1.29 is 12.6 Å².